The number of hydrogen-bond acceptors (Lipinski definition) is 2. The SMILES string of the molecule is CCCCC(C)C(C)(C)[N+](=O)[O-]. The van der Waals surface area contributed by atoms with E-state index >= 15 is 0 Å². The summed E-state index contributed by atoms with van der Waals surface area (Å²) in [5, 5.41) is 10.6. The van der Waals surface area contributed by atoms with E-state index in [1.165, 1.54) is 0 Å². The summed E-state index contributed by atoms with van der Waals surface area (Å²) >= 11 is 0. The number of rotatable bonds is 5. The molecule has 0 aromatic carbocycles. The third-order valence-electron chi connectivity index (χ3n) is 2.67. The Kier molecular flexibility index (Phi) is 4.21. The first-order valence-electron chi connectivity index (χ1n) is 4.57. The summed E-state index contributed by atoms with van der Waals surface area (Å²) in [6.07, 6.45) is 3.14. The topological polar surface area (TPSA) is 43.1 Å². The van der Waals surface area contributed by atoms with Gasteiger partial charge in [0, 0.05) is 24.7 Å². The van der Waals surface area contributed by atoms with Gasteiger partial charge in [-0.05, 0) is 6.42 Å². The highest BCUT2D eigenvalue weighted by Crippen LogP contribution is 2.24. The molecule has 0 aliphatic heterocycles. The van der Waals surface area contributed by atoms with Crippen LogP contribution in [-0.4, -0.2) is 10.5 Å². The van der Waals surface area contributed by atoms with Crippen molar-refractivity contribution >= 4 is 0 Å². The van der Waals surface area contributed by atoms with Crippen molar-refractivity contribution in [3.05, 3.63) is 10.1 Å². The zero-order chi connectivity index (χ0) is 9.78. The predicted molar refractivity (Wildman–Crippen MR) is 49.8 cm³/mol. The van der Waals surface area contributed by atoms with Crippen LogP contribution < -0.4 is 0 Å². The lowest BCUT2D eigenvalue weighted by Gasteiger charge is -2.22. The molecule has 3 heteroatoms. The van der Waals surface area contributed by atoms with E-state index in [0.29, 0.717) is 0 Å². The highest BCUT2D eigenvalue weighted by molar-refractivity contribution is 4.74. The van der Waals surface area contributed by atoms with Gasteiger partial charge in [0.2, 0.25) is 5.54 Å². The standard InChI is InChI=1S/C9H19NO2/c1-5-6-7-8(2)9(3,4)10(11)12/h8H,5-7H2,1-4H3. The van der Waals surface area contributed by atoms with Crippen LogP contribution in [0.4, 0.5) is 0 Å². The second kappa shape index (κ2) is 4.43. The quantitative estimate of drug-likeness (QED) is 0.474. The number of hydrogen-bond donors (Lipinski definition) is 0. The Bertz CT molecular complexity index is 155. The third-order valence-corrected chi connectivity index (χ3v) is 2.67. The van der Waals surface area contributed by atoms with Crippen LogP contribution in [0.3, 0.4) is 0 Å². The maximum Gasteiger partial charge on any atom is 0.219 e. The highest BCUT2D eigenvalue weighted by Gasteiger charge is 2.36. The zero-order valence-electron chi connectivity index (χ0n) is 8.46. The Morgan fingerprint density at radius 2 is 2.00 bits per heavy atom. The van der Waals surface area contributed by atoms with Gasteiger partial charge >= 0.3 is 0 Å². The molecule has 0 N–H and O–H groups in total. The fraction of sp³-hybridized carbons (Fsp3) is 1.00. The minimum absolute atomic E-state index is 0.160. The summed E-state index contributed by atoms with van der Waals surface area (Å²) in [5.41, 5.74) is -0.769. The minimum atomic E-state index is -0.769. The van der Waals surface area contributed by atoms with E-state index in [0.717, 1.165) is 19.3 Å². The molecule has 0 aliphatic carbocycles. The maximum absolute atomic E-state index is 10.6. The van der Waals surface area contributed by atoms with Crippen LogP contribution in [-0.2, 0) is 0 Å². The van der Waals surface area contributed by atoms with Crippen molar-refractivity contribution in [3.63, 3.8) is 0 Å². The molecule has 0 fully saturated rings. The summed E-state index contributed by atoms with van der Waals surface area (Å²) in [7, 11) is 0. The molecule has 3 nitrogen and oxygen atoms in total. The normalized spacial score (nSPS) is 14.3. The van der Waals surface area contributed by atoms with Crippen molar-refractivity contribution < 1.29 is 4.92 Å². The van der Waals surface area contributed by atoms with E-state index in [4.69, 9.17) is 0 Å². The Morgan fingerprint density at radius 3 is 2.33 bits per heavy atom. The Labute approximate surface area is 74.3 Å². The van der Waals surface area contributed by atoms with Crippen LogP contribution >= 0.6 is 0 Å². The lowest BCUT2D eigenvalue weighted by molar-refractivity contribution is -0.570. The van der Waals surface area contributed by atoms with Gasteiger partial charge in [0.1, 0.15) is 0 Å². The molecule has 12 heavy (non-hydrogen) atoms. The summed E-state index contributed by atoms with van der Waals surface area (Å²) < 4.78 is 0. The lowest BCUT2D eigenvalue weighted by atomic mass is 9.86. The van der Waals surface area contributed by atoms with Gasteiger partial charge in [0.25, 0.3) is 0 Å². The molecule has 0 saturated heterocycles. The van der Waals surface area contributed by atoms with Gasteiger partial charge in [-0.25, -0.2) is 0 Å². The largest absolute Gasteiger partial charge is 0.264 e. The molecule has 0 aromatic heterocycles. The van der Waals surface area contributed by atoms with E-state index < -0.39 is 5.54 Å². The van der Waals surface area contributed by atoms with E-state index in [1.807, 2.05) is 6.92 Å². The van der Waals surface area contributed by atoms with Crippen molar-refractivity contribution in [1.82, 2.24) is 0 Å². The number of nitro groups is 1. The van der Waals surface area contributed by atoms with E-state index in [1.54, 1.807) is 13.8 Å². The zero-order valence-corrected chi connectivity index (χ0v) is 8.46. The first-order valence-corrected chi connectivity index (χ1v) is 4.57. The maximum atomic E-state index is 10.6. The lowest BCUT2D eigenvalue weighted by Crippen LogP contribution is -2.38. The van der Waals surface area contributed by atoms with Crippen LogP contribution in [0.15, 0.2) is 0 Å². The minimum Gasteiger partial charge on any atom is -0.264 e. The summed E-state index contributed by atoms with van der Waals surface area (Å²) in [5.74, 6) is 0.160. The van der Waals surface area contributed by atoms with Crippen LogP contribution in [0.2, 0.25) is 0 Å². The smallest absolute Gasteiger partial charge is 0.219 e. The van der Waals surface area contributed by atoms with Crippen molar-refractivity contribution in [3.8, 4) is 0 Å². The second-order valence-electron chi connectivity index (χ2n) is 3.95. The van der Waals surface area contributed by atoms with E-state index in [2.05, 4.69) is 6.92 Å². The molecule has 0 bridgehead atoms. The summed E-state index contributed by atoms with van der Waals surface area (Å²) in [4.78, 5) is 10.5. The Balaban J connectivity index is 4.06. The molecule has 0 radical (unpaired) electrons. The first-order chi connectivity index (χ1) is 5.42. The molecule has 0 heterocycles. The van der Waals surface area contributed by atoms with Crippen molar-refractivity contribution in [2.75, 3.05) is 0 Å². The highest BCUT2D eigenvalue weighted by atomic mass is 16.6. The molecular weight excluding hydrogens is 154 g/mol. The van der Waals surface area contributed by atoms with Crippen molar-refractivity contribution in [1.29, 1.82) is 0 Å². The average molecular weight is 173 g/mol. The van der Waals surface area contributed by atoms with E-state index in [-0.39, 0.29) is 10.8 Å². The molecule has 72 valence electrons. The number of nitrogens with zero attached hydrogens (tertiary/aromatic N) is 1. The van der Waals surface area contributed by atoms with Gasteiger partial charge in [-0.3, -0.25) is 10.1 Å². The first kappa shape index (κ1) is 11.4. The molecular formula is C9H19NO2. The predicted octanol–water partition coefficient (Wildman–Crippen LogP) is 2.87. The fourth-order valence-electron chi connectivity index (χ4n) is 1.04. The van der Waals surface area contributed by atoms with Gasteiger partial charge in [-0.1, -0.05) is 26.7 Å². The van der Waals surface area contributed by atoms with Crippen LogP contribution in [0.25, 0.3) is 0 Å². The van der Waals surface area contributed by atoms with Gasteiger partial charge in [-0.15, -0.1) is 0 Å². The molecule has 0 aromatic rings. The second-order valence-corrected chi connectivity index (χ2v) is 3.95. The summed E-state index contributed by atoms with van der Waals surface area (Å²) in [6.45, 7) is 7.46. The van der Waals surface area contributed by atoms with Crippen LogP contribution in [0.1, 0.15) is 47.0 Å². The van der Waals surface area contributed by atoms with Gasteiger partial charge in [0.05, 0.1) is 0 Å². The molecule has 0 aliphatic rings. The Morgan fingerprint density at radius 1 is 1.50 bits per heavy atom. The molecule has 0 saturated carbocycles. The molecule has 0 rings (SSSR count). The Hall–Kier alpha value is -0.600. The van der Waals surface area contributed by atoms with E-state index in [9.17, 15) is 10.1 Å². The summed E-state index contributed by atoms with van der Waals surface area (Å²) in [6, 6.07) is 0. The van der Waals surface area contributed by atoms with Crippen LogP contribution in [0.5, 0.6) is 0 Å². The monoisotopic (exact) mass is 173 g/mol. The third kappa shape index (κ3) is 2.80. The van der Waals surface area contributed by atoms with Gasteiger partial charge in [0.15, 0.2) is 0 Å². The number of unbranched alkanes of at least 4 members (excludes halogenated alkanes) is 1. The van der Waals surface area contributed by atoms with Gasteiger partial charge < -0.3 is 0 Å². The molecule has 1 atom stereocenters. The van der Waals surface area contributed by atoms with Crippen molar-refractivity contribution in [2.45, 2.75) is 52.5 Å². The average Bonchev–Trinajstić information content (AvgIpc) is 1.99. The molecule has 0 amide bonds. The van der Waals surface area contributed by atoms with Gasteiger partial charge in [-0.2, -0.15) is 0 Å². The van der Waals surface area contributed by atoms with Crippen molar-refractivity contribution in [2.24, 2.45) is 5.92 Å². The fourth-order valence-corrected chi connectivity index (χ4v) is 1.04. The van der Waals surface area contributed by atoms with Crippen LogP contribution in [0, 0.1) is 16.0 Å². The molecule has 1 unspecified atom stereocenters. The molecule has 0 spiro atoms.